The molecule has 12 heavy (non-hydrogen) atoms. The van der Waals surface area contributed by atoms with Gasteiger partial charge in [-0.05, 0) is 32.4 Å². The Morgan fingerprint density at radius 1 is 1.42 bits per heavy atom. The highest BCUT2D eigenvalue weighted by atomic mass is 15.2. The number of hydrogen-bond acceptors (Lipinski definition) is 3. The molecule has 1 fully saturated rings. The van der Waals surface area contributed by atoms with Crippen molar-refractivity contribution in [2.75, 3.05) is 19.6 Å². The van der Waals surface area contributed by atoms with Gasteiger partial charge in [-0.1, -0.05) is 0 Å². The van der Waals surface area contributed by atoms with Gasteiger partial charge in [0.25, 0.3) is 0 Å². The molecule has 0 aromatic heterocycles. The van der Waals surface area contributed by atoms with Crippen molar-refractivity contribution in [1.82, 2.24) is 4.90 Å². The van der Waals surface area contributed by atoms with E-state index in [1.807, 2.05) is 0 Å². The van der Waals surface area contributed by atoms with Crippen LogP contribution in [0.2, 0.25) is 0 Å². The second-order valence-corrected chi connectivity index (χ2v) is 3.32. The van der Waals surface area contributed by atoms with Crippen molar-refractivity contribution in [3.8, 4) is 6.07 Å². The van der Waals surface area contributed by atoms with E-state index in [2.05, 4.69) is 11.0 Å². The molecule has 0 atom stereocenters. The van der Waals surface area contributed by atoms with Crippen molar-refractivity contribution in [1.29, 1.82) is 5.26 Å². The number of rotatable bonds is 6. The highest BCUT2D eigenvalue weighted by Crippen LogP contribution is 2.26. The summed E-state index contributed by atoms with van der Waals surface area (Å²) >= 11 is 0. The molecule has 0 heterocycles. The van der Waals surface area contributed by atoms with Gasteiger partial charge in [0.1, 0.15) is 0 Å². The normalized spacial score (nSPS) is 16.4. The van der Waals surface area contributed by atoms with Crippen molar-refractivity contribution < 1.29 is 0 Å². The van der Waals surface area contributed by atoms with Gasteiger partial charge >= 0.3 is 0 Å². The zero-order chi connectivity index (χ0) is 8.81. The quantitative estimate of drug-likeness (QED) is 0.634. The van der Waals surface area contributed by atoms with Crippen LogP contribution in [0.1, 0.15) is 25.7 Å². The summed E-state index contributed by atoms with van der Waals surface area (Å²) in [6.07, 6.45) is 4.34. The molecule has 3 nitrogen and oxygen atoms in total. The fourth-order valence-electron chi connectivity index (χ4n) is 1.40. The lowest BCUT2D eigenvalue weighted by atomic mass is 10.3. The average molecular weight is 167 g/mol. The van der Waals surface area contributed by atoms with Crippen LogP contribution < -0.4 is 5.73 Å². The molecule has 0 saturated heterocycles. The van der Waals surface area contributed by atoms with Crippen LogP contribution in [0.4, 0.5) is 0 Å². The SMILES string of the molecule is N#CCCN(CCCN)C1CC1. The first-order chi connectivity index (χ1) is 5.88. The van der Waals surface area contributed by atoms with E-state index in [9.17, 15) is 0 Å². The topological polar surface area (TPSA) is 53.0 Å². The van der Waals surface area contributed by atoms with Gasteiger partial charge in [-0.2, -0.15) is 5.26 Å². The molecular weight excluding hydrogens is 150 g/mol. The Balaban J connectivity index is 2.14. The molecular formula is C9H17N3. The monoisotopic (exact) mass is 167 g/mol. The van der Waals surface area contributed by atoms with Gasteiger partial charge in [-0.25, -0.2) is 0 Å². The third-order valence-electron chi connectivity index (χ3n) is 2.22. The third kappa shape index (κ3) is 3.21. The molecule has 0 aromatic carbocycles. The molecule has 0 bridgehead atoms. The van der Waals surface area contributed by atoms with Crippen LogP contribution in [-0.4, -0.2) is 30.6 Å². The summed E-state index contributed by atoms with van der Waals surface area (Å²) in [4.78, 5) is 2.40. The molecule has 0 aromatic rings. The van der Waals surface area contributed by atoms with Crippen LogP contribution in [0.25, 0.3) is 0 Å². The van der Waals surface area contributed by atoms with Gasteiger partial charge in [0.2, 0.25) is 0 Å². The summed E-state index contributed by atoms with van der Waals surface area (Å²) in [7, 11) is 0. The first-order valence-electron chi connectivity index (χ1n) is 4.69. The lowest BCUT2D eigenvalue weighted by Gasteiger charge is -2.19. The number of hydrogen-bond donors (Lipinski definition) is 1. The van der Waals surface area contributed by atoms with E-state index < -0.39 is 0 Å². The van der Waals surface area contributed by atoms with Crippen LogP contribution in [-0.2, 0) is 0 Å². The van der Waals surface area contributed by atoms with Gasteiger partial charge in [0.05, 0.1) is 6.07 Å². The molecule has 0 radical (unpaired) electrons. The summed E-state index contributed by atoms with van der Waals surface area (Å²) < 4.78 is 0. The van der Waals surface area contributed by atoms with E-state index in [0.29, 0.717) is 6.42 Å². The highest BCUT2D eigenvalue weighted by Gasteiger charge is 2.27. The molecule has 3 heteroatoms. The minimum atomic E-state index is 0.654. The summed E-state index contributed by atoms with van der Waals surface area (Å²) in [6.45, 7) is 2.76. The first kappa shape index (κ1) is 9.50. The molecule has 0 spiro atoms. The Hall–Kier alpha value is -0.590. The predicted octanol–water partition coefficient (Wildman–Crippen LogP) is 0.713. The molecule has 1 aliphatic rings. The summed E-state index contributed by atoms with van der Waals surface area (Å²) in [5.41, 5.74) is 5.43. The van der Waals surface area contributed by atoms with Crippen LogP contribution in [0.3, 0.4) is 0 Å². The number of nitrogens with two attached hydrogens (primary N) is 1. The molecule has 1 rings (SSSR count). The molecule has 1 aliphatic carbocycles. The smallest absolute Gasteiger partial charge is 0.0635 e. The minimum Gasteiger partial charge on any atom is -0.330 e. The van der Waals surface area contributed by atoms with E-state index in [-0.39, 0.29) is 0 Å². The summed E-state index contributed by atoms with van der Waals surface area (Å²) in [5.74, 6) is 0. The maximum atomic E-state index is 8.44. The predicted molar refractivity (Wildman–Crippen MR) is 48.5 cm³/mol. The fourth-order valence-corrected chi connectivity index (χ4v) is 1.40. The third-order valence-corrected chi connectivity index (χ3v) is 2.22. The van der Waals surface area contributed by atoms with Crippen LogP contribution in [0.5, 0.6) is 0 Å². The highest BCUT2D eigenvalue weighted by molar-refractivity contribution is 4.86. The summed E-state index contributed by atoms with van der Waals surface area (Å²) in [5, 5.41) is 8.44. The zero-order valence-corrected chi connectivity index (χ0v) is 7.50. The van der Waals surface area contributed by atoms with Crippen molar-refractivity contribution in [3.63, 3.8) is 0 Å². The van der Waals surface area contributed by atoms with E-state index in [1.54, 1.807) is 0 Å². The van der Waals surface area contributed by atoms with Gasteiger partial charge in [0, 0.05) is 19.0 Å². The average Bonchev–Trinajstić information content (AvgIpc) is 2.88. The second-order valence-electron chi connectivity index (χ2n) is 3.32. The molecule has 2 N–H and O–H groups in total. The molecule has 0 aliphatic heterocycles. The number of nitrogens with zero attached hydrogens (tertiary/aromatic N) is 2. The largest absolute Gasteiger partial charge is 0.330 e. The standard InChI is InChI=1S/C9H17N3/c10-5-1-7-12(8-2-6-11)9-3-4-9/h9H,1-5,7-8,10H2. The Kier molecular flexibility index (Phi) is 4.06. The lowest BCUT2D eigenvalue weighted by molar-refractivity contribution is 0.268. The molecule has 0 unspecified atom stereocenters. The van der Waals surface area contributed by atoms with E-state index in [4.69, 9.17) is 11.0 Å². The van der Waals surface area contributed by atoms with Crippen molar-refractivity contribution in [2.45, 2.75) is 31.7 Å². The van der Waals surface area contributed by atoms with Crippen LogP contribution in [0, 0.1) is 11.3 Å². The van der Waals surface area contributed by atoms with Gasteiger partial charge in [-0.15, -0.1) is 0 Å². The van der Waals surface area contributed by atoms with Crippen molar-refractivity contribution >= 4 is 0 Å². The Morgan fingerprint density at radius 3 is 2.67 bits per heavy atom. The molecule has 68 valence electrons. The maximum absolute atomic E-state index is 8.44. The first-order valence-corrected chi connectivity index (χ1v) is 4.69. The maximum Gasteiger partial charge on any atom is 0.0635 e. The molecule has 1 saturated carbocycles. The van der Waals surface area contributed by atoms with Crippen molar-refractivity contribution in [3.05, 3.63) is 0 Å². The van der Waals surface area contributed by atoms with Gasteiger partial charge in [-0.3, -0.25) is 4.90 Å². The Morgan fingerprint density at radius 2 is 2.17 bits per heavy atom. The minimum absolute atomic E-state index is 0.654. The Bertz CT molecular complexity index is 158. The summed E-state index contributed by atoms with van der Waals surface area (Å²) in [6, 6.07) is 2.95. The van der Waals surface area contributed by atoms with E-state index >= 15 is 0 Å². The van der Waals surface area contributed by atoms with Gasteiger partial charge < -0.3 is 5.73 Å². The lowest BCUT2D eigenvalue weighted by Crippen LogP contribution is -2.29. The van der Waals surface area contributed by atoms with Crippen LogP contribution in [0.15, 0.2) is 0 Å². The van der Waals surface area contributed by atoms with E-state index in [1.165, 1.54) is 12.8 Å². The number of nitriles is 1. The van der Waals surface area contributed by atoms with E-state index in [0.717, 1.165) is 32.1 Å². The Labute approximate surface area is 74.1 Å². The van der Waals surface area contributed by atoms with Crippen molar-refractivity contribution in [2.24, 2.45) is 5.73 Å². The fraction of sp³-hybridized carbons (Fsp3) is 0.889. The van der Waals surface area contributed by atoms with Crippen LogP contribution >= 0.6 is 0 Å². The second kappa shape index (κ2) is 5.13. The zero-order valence-electron chi connectivity index (χ0n) is 7.50. The molecule has 0 amide bonds. The van der Waals surface area contributed by atoms with Gasteiger partial charge in [0.15, 0.2) is 0 Å².